The lowest BCUT2D eigenvalue weighted by Gasteiger charge is -2.10. The van der Waals surface area contributed by atoms with Crippen LogP contribution in [0.4, 0.5) is 24.7 Å². The van der Waals surface area contributed by atoms with E-state index in [2.05, 4.69) is 15.6 Å². The molecule has 0 saturated carbocycles. The molecule has 3 aromatic rings. The SMILES string of the molecule is O=C(NCc1ccccc1)c1ccc(Nc2ccc(C(F)(F)F)cc2)nc1. The lowest BCUT2D eigenvalue weighted by Crippen LogP contribution is -2.22. The standard InChI is InChI=1S/C20H16F3N3O/c21-20(22,23)16-7-9-17(10-8-16)26-18-11-6-15(13-24-18)19(27)25-12-14-4-2-1-3-5-14/h1-11,13H,12H2,(H,24,26)(H,25,27). The Morgan fingerprint density at radius 3 is 2.22 bits per heavy atom. The van der Waals surface area contributed by atoms with Crippen LogP contribution in [0.3, 0.4) is 0 Å². The second-order valence-electron chi connectivity index (χ2n) is 5.80. The molecule has 0 saturated heterocycles. The van der Waals surface area contributed by atoms with E-state index in [1.807, 2.05) is 30.3 Å². The van der Waals surface area contributed by atoms with Crippen molar-refractivity contribution < 1.29 is 18.0 Å². The van der Waals surface area contributed by atoms with Gasteiger partial charge in [-0.3, -0.25) is 4.79 Å². The third kappa shape index (κ3) is 5.07. The number of amides is 1. The summed E-state index contributed by atoms with van der Waals surface area (Å²) in [5.74, 6) is 0.168. The van der Waals surface area contributed by atoms with Gasteiger partial charge < -0.3 is 10.6 Å². The molecule has 0 fully saturated rings. The number of pyridine rings is 1. The highest BCUT2D eigenvalue weighted by atomic mass is 19.4. The molecule has 0 aliphatic heterocycles. The van der Waals surface area contributed by atoms with E-state index in [1.165, 1.54) is 18.3 Å². The molecule has 1 aromatic heterocycles. The molecule has 0 bridgehead atoms. The Morgan fingerprint density at radius 2 is 1.63 bits per heavy atom. The predicted molar refractivity (Wildman–Crippen MR) is 96.6 cm³/mol. The first kappa shape index (κ1) is 18.4. The van der Waals surface area contributed by atoms with Gasteiger partial charge in [0.1, 0.15) is 5.82 Å². The molecule has 0 aliphatic carbocycles. The van der Waals surface area contributed by atoms with Gasteiger partial charge in [0.15, 0.2) is 0 Å². The van der Waals surface area contributed by atoms with Crippen LogP contribution in [-0.4, -0.2) is 10.9 Å². The van der Waals surface area contributed by atoms with Gasteiger partial charge >= 0.3 is 6.18 Å². The van der Waals surface area contributed by atoms with Crippen LogP contribution in [0.1, 0.15) is 21.5 Å². The maximum absolute atomic E-state index is 12.6. The number of hydrogen-bond donors (Lipinski definition) is 2. The van der Waals surface area contributed by atoms with Crippen LogP contribution in [0.15, 0.2) is 72.9 Å². The van der Waals surface area contributed by atoms with Gasteiger partial charge in [-0.05, 0) is 42.0 Å². The number of aromatic nitrogens is 1. The van der Waals surface area contributed by atoms with Crippen LogP contribution in [0.25, 0.3) is 0 Å². The summed E-state index contributed by atoms with van der Waals surface area (Å²) in [5.41, 5.74) is 1.13. The molecule has 1 amide bonds. The van der Waals surface area contributed by atoms with Gasteiger partial charge in [-0.15, -0.1) is 0 Å². The first-order valence-electron chi connectivity index (χ1n) is 8.14. The molecule has 0 spiro atoms. The number of nitrogens with zero attached hydrogens (tertiary/aromatic N) is 1. The van der Waals surface area contributed by atoms with E-state index in [0.29, 0.717) is 23.6 Å². The maximum atomic E-state index is 12.6. The third-order valence-electron chi connectivity index (χ3n) is 3.81. The van der Waals surface area contributed by atoms with E-state index in [0.717, 1.165) is 17.7 Å². The van der Waals surface area contributed by atoms with Gasteiger partial charge in [0.25, 0.3) is 5.91 Å². The average molecular weight is 371 g/mol. The highest BCUT2D eigenvalue weighted by Gasteiger charge is 2.29. The summed E-state index contributed by atoms with van der Waals surface area (Å²) >= 11 is 0. The Labute approximate surface area is 154 Å². The third-order valence-corrected chi connectivity index (χ3v) is 3.81. The van der Waals surface area contributed by atoms with Gasteiger partial charge in [-0.2, -0.15) is 13.2 Å². The smallest absolute Gasteiger partial charge is 0.348 e. The number of carbonyl (C=O) groups is 1. The highest BCUT2D eigenvalue weighted by Crippen LogP contribution is 2.30. The number of nitrogens with one attached hydrogen (secondary N) is 2. The summed E-state index contributed by atoms with van der Waals surface area (Å²) in [4.78, 5) is 16.3. The van der Waals surface area contributed by atoms with Crippen molar-refractivity contribution in [2.24, 2.45) is 0 Å². The largest absolute Gasteiger partial charge is 0.416 e. The summed E-state index contributed by atoms with van der Waals surface area (Å²) in [6.07, 6.45) is -2.96. The number of benzene rings is 2. The number of alkyl halides is 3. The quantitative estimate of drug-likeness (QED) is 0.679. The number of rotatable bonds is 5. The van der Waals surface area contributed by atoms with Crippen molar-refractivity contribution in [3.63, 3.8) is 0 Å². The minimum atomic E-state index is -4.37. The molecule has 0 atom stereocenters. The van der Waals surface area contributed by atoms with E-state index in [4.69, 9.17) is 0 Å². The van der Waals surface area contributed by atoms with Crippen molar-refractivity contribution in [1.82, 2.24) is 10.3 Å². The lowest BCUT2D eigenvalue weighted by molar-refractivity contribution is -0.137. The fourth-order valence-corrected chi connectivity index (χ4v) is 2.37. The van der Waals surface area contributed by atoms with Gasteiger partial charge in [0.2, 0.25) is 0 Å². The normalized spacial score (nSPS) is 11.1. The molecule has 2 N–H and O–H groups in total. The zero-order chi connectivity index (χ0) is 19.3. The summed E-state index contributed by atoms with van der Waals surface area (Å²) in [5, 5.41) is 5.70. The van der Waals surface area contributed by atoms with Crippen LogP contribution >= 0.6 is 0 Å². The lowest BCUT2D eigenvalue weighted by atomic mass is 10.2. The van der Waals surface area contributed by atoms with E-state index in [9.17, 15) is 18.0 Å². The molecule has 2 aromatic carbocycles. The van der Waals surface area contributed by atoms with Crippen molar-refractivity contribution in [3.05, 3.63) is 89.6 Å². The zero-order valence-corrected chi connectivity index (χ0v) is 14.1. The monoisotopic (exact) mass is 371 g/mol. The van der Waals surface area contributed by atoms with Crippen LogP contribution in [0.2, 0.25) is 0 Å². The van der Waals surface area contributed by atoms with E-state index in [-0.39, 0.29) is 5.91 Å². The number of carbonyl (C=O) groups excluding carboxylic acids is 1. The molecule has 3 rings (SSSR count). The molecule has 1 heterocycles. The number of hydrogen-bond acceptors (Lipinski definition) is 3. The Morgan fingerprint density at radius 1 is 0.926 bits per heavy atom. The van der Waals surface area contributed by atoms with Crippen molar-refractivity contribution in [2.45, 2.75) is 12.7 Å². The van der Waals surface area contributed by atoms with Crippen molar-refractivity contribution in [3.8, 4) is 0 Å². The highest BCUT2D eigenvalue weighted by molar-refractivity contribution is 5.94. The van der Waals surface area contributed by atoms with E-state index >= 15 is 0 Å². The molecule has 0 aliphatic rings. The number of halogens is 3. The molecule has 0 unspecified atom stereocenters. The Hall–Kier alpha value is -3.35. The predicted octanol–water partition coefficient (Wildman–Crippen LogP) is 4.77. The fraction of sp³-hybridized carbons (Fsp3) is 0.100. The van der Waals surface area contributed by atoms with Crippen LogP contribution in [0, 0.1) is 0 Å². The van der Waals surface area contributed by atoms with Crippen molar-refractivity contribution >= 4 is 17.4 Å². The van der Waals surface area contributed by atoms with Crippen LogP contribution in [-0.2, 0) is 12.7 Å². The van der Waals surface area contributed by atoms with Gasteiger partial charge in [0, 0.05) is 18.4 Å². The van der Waals surface area contributed by atoms with Crippen LogP contribution < -0.4 is 10.6 Å². The molecular weight excluding hydrogens is 355 g/mol. The van der Waals surface area contributed by atoms with E-state index < -0.39 is 11.7 Å². The summed E-state index contributed by atoms with van der Waals surface area (Å²) in [6.45, 7) is 0.408. The summed E-state index contributed by atoms with van der Waals surface area (Å²) in [7, 11) is 0. The molecular formula is C20H16F3N3O. The number of anilines is 2. The molecule has 7 heteroatoms. The minimum absolute atomic E-state index is 0.257. The van der Waals surface area contributed by atoms with Crippen molar-refractivity contribution in [2.75, 3.05) is 5.32 Å². The second kappa shape index (κ2) is 7.90. The Kier molecular flexibility index (Phi) is 5.40. The Bertz CT molecular complexity index is 893. The average Bonchev–Trinajstić information content (AvgIpc) is 2.67. The van der Waals surface area contributed by atoms with Gasteiger partial charge in [-0.1, -0.05) is 30.3 Å². The van der Waals surface area contributed by atoms with Crippen molar-refractivity contribution in [1.29, 1.82) is 0 Å². The molecule has 138 valence electrons. The minimum Gasteiger partial charge on any atom is -0.348 e. The Balaban J connectivity index is 1.59. The molecule has 4 nitrogen and oxygen atoms in total. The fourth-order valence-electron chi connectivity index (χ4n) is 2.37. The van der Waals surface area contributed by atoms with Gasteiger partial charge in [-0.25, -0.2) is 4.98 Å². The first-order chi connectivity index (χ1) is 12.9. The maximum Gasteiger partial charge on any atom is 0.416 e. The zero-order valence-electron chi connectivity index (χ0n) is 14.1. The molecule has 27 heavy (non-hydrogen) atoms. The summed E-state index contributed by atoms with van der Waals surface area (Å²) < 4.78 is 37.7. The first-order valence-corrected chi connectivity index (χ1v) is 8.14. The van der Waals surface area contributed by atoms with E-state index in [1.54, 1.807) is 12.1 Å². The van der Waals surface area contributed by atoms with Gasteiger partial charge in [0.05, 0.1) is 11.1 Å². The van der Waals surface area contributed by atoms with Crippen LogP contribution in [0.5, 0.6) is 0 Å². The topological polar surface area (TPSA) is 54.0 Å². The second-order valence-corrected chi connectivity index (χ2v) is 5.80. The molecule has 0 radical (unpaired) electrons. The summed E-state index contributed by atoms with van der Waals surface area (Å²) in [6, 6.07) is 17.3.